The average Bonchev–Trinajstić information content (AvgIpc) is 2.26. The van der Waals surface area contributed by atoms with E-state index in [9.17, 15) is 4.79 Å². The average molecular weight is 226 g/mol. The van der Waals surface area contributed by atoms with Gasteiger partial charge in [-0.25, -0.2) is 4.79 Å². The fraction of sp³-hybridized carbons (Fsp3) is 0.222. The third-order valence-corrected chi connectivity index (χ3v) is 2.02. The first kappa shape index (κ1) is 11.4. The van der Waals surface area contributed by atoms with Crippen molar-refractivity contribution in [2.45, 2.75) is 6.54 Å². The Labute approximate surface area is 91.2 Å². The number of methoxy groups -OCH3 is 1. The van der Waals surface area contributed by atoms with Crippen LogP contribution < -0.4 is 0 Å². The van der Waals surface area contributed by atoms with Gasteiger partial charge in [-0.3, -0.25) is 0 Å². The Morgan fingerprint density at radius 2 is 2.40 bits per heavy atom. The SMILES string of the molecule is COC(=O)c1cc(Cl)ccc1CN=[N+]=[N-]. The lowest BCUT2D eigenvalue weighted by molar-refractivity contribution is 0.0599. The highest BCUT2D eigenvalue weighted by Crippen LogP contribution is 2.17. The summed E-state index contributed by atoms with van der Waals surface area (Å²) in [6.45, 7) is 0.0953. The summed E-state index contributed by atoms with van der Waals surface area (Å²) in [6, 6.07) is 4.73. The first-order valence-corrected chi connectivity index (χ1v) is 4.44. The monoisotopic (exact) mass is 225 g/mol. The second-order valence-corrected chi connectivity index (χ2v) is 3.12. The number of carbonyl (C=O) groups is 1. The van der Waals surface area contributed by atoms with Crippen molar-refractivity contribution in [1.29, 1.82) is 0 Å². The van der Waals surface area contributed by atoms with Crippen LogP contribution in [0.15, 0.2) is 23.3 Å². The number of hydrogen-bond donors (Lipinski definition) is 0. The zero-order valence-corrected chi connectivity index (χ0v) is 8.73. The predicted molar refractivity (Wildman–Crippen MR) is 55.6 cm³/mol. The lowest BCUT2D eigenvalue weighted by Crippen LogP contribution is -2.05. The van der Waals surface area contributed by atoms with Gasteiger partial charge in [0.2, 0.25) is 0 Å². The van der Waals surface area contributed by atoms with E-state index < -0.39 is 5.97 Å². The van der Waals surface area contributed by atoms with E-state index in [1.54, 1.807) is 12.1 Å². The van der Waals surface area contributed by atoms with Gasteiger partial charge in [-0.1, -0.05) is 22.8 Å². The molecule has 0 fully saturated rings. The van der Waals surface area contributed by atoms with Gasteiger partial charge in [0.15, 0.2) is 0 Å². The molecule has 0 aliphatic rings. The van der Waals surface area contributed by atoms with Crippen LogP contribution in [-0.2, 0) is 11.3 Å². The highest BCUT2D eigenvalue weighted by Gasteiger charge is 2.11. The van der Waals surface area contributed by atoms with Crippen LogP contribution in [0, 0.1) is 0 Å². The summed E-state index contributed by atoms with van der Waals surface area (Å²) in [7, 11) is 1.28. The molecule has 0 aliphatic carbocycles. The zero-order chi connectivity index (χ0) is 11.3. The summed E-state index contributed by atoms with van der Waals surface area (Å²) in [5.74, 6) is -0.499. The van der Waals surface area contributed by atoms with Gasteiger partial charge >= 0.3 is 5.97 Å². The molecular formula is C9H8ClN3O2. The number of esters is 1. The van der Waals surface area contributed by atoms with Gasteiger partial charge in [-0.2, -0.15) is 0 Å². The number of azide groups is 1. The van der Waals surface area contributed by atoms with Crippen LogP contribution in [0.25, 0.3) is 10.4 Å². The van der Waals surface area contributed by atoms with E-state index in [2.05, 4.69) is 14.8 Å². The molecule has 1 aromatic carbocycles. The van der Waals surface area contributed by atoms with Gasteiger partial charge in [0.25, 0.3) is 0 Å². The third kappa shape index (κ3) is 2.87. The van der Waals surface area contributed by atoms with Crippen molar-refractivity contribution in [2.24, 2.45) is 5.11 Å². The van der Waals surface area contributed by atoms with E-state index in [0.29, 0.717) is 16.1 Å². The van der Waals surface area contributed by atoms with Crippen molar-refractivity contribution in [2.75, 3.05) is 7.11 Å². The second kappa shape index (κ2) is 5.24. The molecule has 0 aromatic heterocycles. The van der Waals surface area contributed by atoms with Gasteiger partial charge in [0.1, 0.15) is 0 Å². The molecule has 0 unspecified atom stereocenters. The normalized spacial score (nSPS) is 9.20. The molecule has 1 aromatic rings. The molecule has 0 radical (unpaired) electrons. The number of carbonyl (C=O) groups excluding carboxylic acids is 1. The summed E-state index contributed by atoms with van der Waals surface area (Å²) in [4.78, 5) is 14.0. The molecule has 0 heterocycles. The molecule has 0 N–H and O–H groups in total. The first-order valence-electron chi connectivity index (χ1n) is 4.06. The molecule has 0 saturated carbocycles. The topological polar surface area (TPSA) is 75.1 Å². The van der Waals surface area contributed by atoms with Crippen molar-refractivity contribution in [3.05, 3.63) is 44.8 Å². The molecule has 1 rings (SSSR count). The number of nitrogens with zero attached hydrogens (tertiary/aromatic N) is 3. The third-order valence-electron chi connectivity index (χ3n) is 1.78. The molecule has 15 heavy (non-hydrogen) atoms. The van der Waals surface area contributed by atoms with Crippen LogP contribution in [0.4, 0.5) is 0 Å². The lowest BCUT2D eigenvalue weighted by Gasteiger charge is -2.05. The fourth-order valence-electron chi connectivity index (χ4n) is 1.09. The van der Waals surface area contributed by atoms with E-state index in [1.165, 1.54) is 13.2 Å². The molecule has 0 atom stereocenters. The Morgan fingerprint density at radius 1 is 1.67 bits per heavy atom. The zero-order valence-electron chi connectivity index (χ0n) is 7.98. The van der Waals surface area contributed by atoms with Crippen LogP contribution in [0.1, 0.15) is 15.9 Å². The lowest BCUT2D eigenvalue weighted by atomic mass is 10.1. The van der Waals surface area contributed by atoms with Gasteiger partial charge in [0.05, 0.1) is 19.2 Å². The van der Waals surface area contributed by atoms with E-state index >= 15 is 0 Å². The summed E-state index contributed by atoms with van der Waals surface area (Å²) in [5.41, 5.74) is 9.09. The maximum atomic E-state index is 11.3. The van der Waals surface area contributed by atoms with E-state index in [1.807, 2.05) is 0 Å². The molecular weight excluding hydrogens is 218 g/mol. The quantitative estimate of drug-likeness (QED) is 0.343. The van der Waals surface area contributed by atoms with Gasteiger partial charge in [-0.05, 0) is 23.2 Å². The van der Waals surface area contributed by atoms with Crippen LogP contribution in [0.3, 0.4) is 0 Å². The van der Waals surface area contributed by atoms with E-state index in [4.69, 9.17) is 17.1 Å². The Hall–Kier alpha value is -1.71. The summed E-state index contributed by atoms with van der Waals surface area (Å²) in [6.07, 6.45) is 0. The molecule has 0 bridgehead atoms. The minimum atomic E-state index is -0.499. The van der Waals surface area contributed by atoms with Crippen molar-refractivity contribution in [3.63, 3.8) is 0 Å². The Morgan fingerprint density at radius 3 is 3.00 bits per heavy atom. The number of rotatable bonds is 3. The molecule has 5 nitrogen and oxygen atoms in total. The summed E-state index contributed by atoms with van der Waals surface area (Å²) in [5, 5.41) is 3.81. The molecule has 0 spiro atoms. The van der Waals surface area contributed by atoms with Crippen LogP contribution in [0.5, 0.6) is 0 Å². The minimum absolute atomic E-state index is 0.0953. The first-order chi connectivity index (χ1) is 7.19. The number of hydrogen-bond acceptors (Lipinski definition) is 3. The largest absolute Gasteiger partial charge is 0.465 e. The van der Waals surface area contributed by atoms with Crippen molar-refractivity contribution < 1.29 is 9.53 Å². The fourth-order valence-corrected chi connectivity index (χ4v) is 1.27. The molecule has 6 heteroatoms. The van der Waals surface area contributed by atoms with Gasteiger partial charge in [-0.15, -0.1) is 0 Å². The standard InChI is InChI=1S/C9H8ClN3O2/c1-15-9(14)8-4-7(10)3-2-6(8)5-12-13-11/h2-4H,5H2,1H3. The van der Waals surface area contributed by atoms with E-state index in [-0.39, 0.29) is 6.54 Å². The van der Waals surface area contributed by atoms with Crippen molar-refractivity contribution in [1.82, 2.24) is 0 Å². The molecule has 0 saturated heterocycles. The van der Waals surface area contributed by atoms with Gasteiger partial charge in [0, 0.05) is 9.93 Å². The van der Waals surface area contributed by atoms with Gasteiger partial charge < -0.3 is 4.74 Å². The summed E-state index contributed by atoms with van der Waals surface area (Å²) >= 11 is 5.74. The maximum absolute atomic E-state index is 11.3. The smallest absolute Gasteiger partial charge is 0.338 e. The molecule has 78 valence electrons. The number of halogens is 1. The Bertz CT molecular complexity index is 427. The van der Waals surface area contributed by atoms with E-state index in [0.717, 1.165) is 0 Å². The van der Waals surface area contributed by atoms with Crippen LogP contribution in [0.2, 0.25) is 5.02 Å². The summed E-state index contributed by atoms with van der Waals surface area (Å²) < 4.78 is 4.58. The maximum Gasteiger partial charge on any atom is 0.338 e. The Kier molecular flexibility index (Phi) is 3.97. The molecule has 0 amide bonds. The number of benzene rings is 1. The predicted octanol–water partition coefficient (Wildman–Crippen LogP) is 2.94. The minimum Gasteiger partial charge on any atom is -0.465 e. The molecule has 0 aliphatic heterocycles. The van der Waals surface area contributed by atoms with Crippen LogP contribution >= 0.6 is 11.6 Å². The highest BCUT2D eigenvalue weighted by molar-refractivity contribution is 6.31. The van der Waals surface area contributed by atoms with Crippen molar-refractivity contribution in [3.8, 4) is 0 Å². The Balaban J connectivity index is 3.13. The second-order valence-electron chi connectivity index (χ2n) is 2.68. The van der Waals surface area contributed by atoms with Crippen molar-refractivity contribution >= 4 is 17.6 Å². The highest BCUT2D eigenvalue weighted by atomic mass is 35.5. The van der Waals surface area contributed by atoms with Crippen LogP contribution in [-0.4, -0.2) is 13.1 Å². The number of ether oxygens (including phenoxy) is 1.